The van der Waals surface area contributed by atoms with Gasteiger partial charge < -0.3 is 15.3 Å². The molecule has 1 atom stereocenters. The molecule has 0 spiro atoms. The number of benzene rings is 1. The first kappa shape index (κ1) is 15.4. The minimum absolute atomic E-state index is 0.139. The Balaban J connectivity index is 1.92. The van der Waals surface area contributed by atoms with Crippen molar-refractivity contribution in [1.29, 1.82) is 0 Å². The van der Waals surface area contributed by atoms with Gasteiger partial charge in [-0.15, -0.1) is 0 Å². The fourth-order valence-electron chi connectivity index (χ4n) is 3.30. The summed E-state index contributed by atoms with van der Waals surface area (Å²) in [6.45, 7) is 0.627. The molecule has 0 bridgehead atoms. The number of hydrogen-bond acceptors (Lipinski definition) is 2. The molecule has 6 heteroatoms. The molecule has 3 N–H and O–H groups in total. The van der Waals surface area contributed by atoms with Gasteiger partial charge in [0.15, 0.2) is 4.77 Å². The zero-order chi connectivity index (χ0) is 15.7. The zero-order valence-corrected chi connectivity index (χ0v) is 13.1. The van der Waals surface area contributed by atoms with Gasteiger partial charge >= 0.3 is 0 Å². The summed E-state index contributed by atoms with van der Waals surface area (Å²) in [5.74, 6) is -0.951. The Kier molecular flexibility index (Phi) is 4.40. The van der Waals surface area contributed by atoms with Crippen molar-refractivity contribution in [2.45, 2.75) is 38.1 Å². The van der Waals surface area contributed by atoms with E-state index in [2.05, 4.69) is 9.55 Å². The number of imidazole rings is 1. The highest BCUT2D eigenvalue weighted by Gasteiger charge is 2.25. The van der Waals surface area contributed by atoms with Crippen molar-refractivity contribution in [3.05, 3.63) is 51.6 Å². The molecular weight excluding hydrogens is 304 g/mol. The van der Waals surface area contributed by atoms with E-state index in [1.54, 1.807) is 0 Å². The third-order valence-electron chi connectivity index (χ3n) is 4.33. The van der Waals surface area contributed by atoms with Gasteiger partial charge in [0, 0.05) is 24.0 Å². The van der Waals surface area contributed by atoms with Crippen LogP contribution in [0.2, 0.25) is 0 Å². The topological polar surface area (TPSA) is 46.7 Å². The molecule has 0 saturated carbocycles. The quantitative estimate of drug-likeness (QED) is 0.847. The summed E-state index contributed by atoms with van der Waals surface area (Å²) in [6, 6.07) is 2.55. The highest BCUT2D eigenvalue weighted by Crippen LogP contribution is 2.32. The van der Waals surface area contributed by atoms with Gasteiger partial charge in [-0.2, -0.15) is 0 Å². The number of nitrogens with zero attached hydrogens (tertiary/aromatic N) is 1. The standard InChI is InChI=1S/C16H19F2N3S/c17-11-6-10-7-12(3-4-14(10)15(18)8-11)21-13(2-1-5-19)9-20-16(21)22/h6,8-9,12H,1-5,7,19H2,(H,20,22)/t12-/m0/s1. The molecule has 1 aromatic carbocycles. The van der Waals surface area contributed by atoms with Gasteiger partial charge in [-0.3, -0.25) is 0 Å². The molecule has 118 valence electrons. The Bertz CT molecular complexity index is 735. The Morgan fingerprint density at radius 3 is 2.95 bits per heavy atom. The molecule has 0 saturated heterocycles. The van der Waals surface area contributed by atoms with E-state index in [4.69, 9.17) is 18.0 Å². The monoisotopic (exact) mass is 323 g/mol. The van der Waals surface area contributed by atoms with Gasteiger partial charge in [-0.05, 0) is 68.1 Å². The molecule has 22 heavy (non-hydrogen) atoms. The number of H-pyrrole nitrogens is 1. The Morgan fingerprint density at radius 1 is 1.36 bits per heavy atom. The van der Waals surface area contributed by atoms with E-state index < -0.39 is 11.6 Å². The van der Waals surface area contributed by atoms with Crippen LogP contribution in [0.5, 0.6) is 0 Å². The number of halogens is 2. The summed E-state index contributed by atoms with van der Waals surface area (Å²) >= 11 is 5.38. The molecule has 0 aliphatic heterocycles. The Hall–Kier alpha value is -1.53. The number of rotatable bonds is 4. The molecule has 3 nitrogen and oxygen atoms in total. The van der Waals surface area contributed by atoms with Crippen LogP contribution in [-0.4, -0.2) is 16.1 Å². The first-order chi connectivity index (χ1) is 10.6. The molecule has 1 heterocycles. The van der Waals surface area contributed by atoms with Crippen molar-refractivity contribution in [2.75, 3.05) is 6.54 Å². The summed E-state index contributed by atoms with van der Waals surface area (Å²) < 4.78 is 30.1. The first-order valence-corrected chi connectivity index (χ1v) is 7.96. The lowest BCUT2D eigenvalue weighted by Crippen LogP contribution is -2.21. The maximum Gasteiger partial charge on any atom is 0.177 e. The second-order valence-electron chi connectivity index (χ2n) is 5.77. The Labute approximate surface area is 133 Å². The second kappa shape index (κ2) is 6.30. The van der Waals surface area contributed by atoms with Crippen molar-refractivity contribution < 1.29 is 8.78 Å². The van der Waals surface area contributed by atoms with E-state index in [0.717, 1.165) is 36.6 Å². The summed E-state index contributed by atoms with van der Waals surface area (Å²) in [6.07, 6.45) is 5.67. The van der Waals surface area contributed by atoms with Crippen LogP contribution < -0.4 is 5.73 Å². The van der Waals surface area contributed by atoms with Gasteiger partial charge in [0.05, 0.1) is 0 Å². The van der Waals surface area contributed by atoms with E-state index in [9.17, 15) is 8.78 Å². The van der Waals surface area contributed by atoms with E-state index in [-0.39, 0.29) is 6.04 Å². The van der Waals surface area contributed by atoms with E-state index in [1.165, 1.54) is 6.07 Å². The smallest absolute Gasteiger partial charge is 0.177 e. The largest absolute Gasteiger partial charge is 0.337 e. The SMILES string of the molecule is NCCCc1c[nH]c(=S)n1[C@H]1CCc2c(F)cc(F)cc2C1. The zero-order valence-electron chi connectivity index (χ0n) is 12.2. The van der Waals surface area contributed by atoms with Crippen LogP contribution in [0.1, 0.15) is 35.7 Å². The van der Waals surface area contributed by atoms with Gasteiger partial charge in [0.2, 0.25) is 0 Å². The van der Waals surface area contributed by atoms with Crippen molar-refractivity contribution in [3.63, 3.8) is 0 Å². The fourth-order valence-corrected chi connectivity index (χ4v) is 3.62. The van der Waals surface area contributed by atoms with Gasteiger partial charge in [0.25, 0.3) is 0 Å². The Morgan fingerprint density at radius 2 is 2.18 bits per heavy atom. The molecule has 0 unspecified atom stereocenters. The van der Waals surface area contributed by atoms with E-state index in [1.807, 2.05) is 6.20 Å². The van der Waals surface area contributed by atoms with Crippen molar-refractivity contribution in [1.82, 2.24) is 9.55 Å². The van der Waals surface area contributed by atoms with Gasteiger partial charge in [-0.25, -0.2) is 8.78 Å². The molecule has 3 rings (SSSR count). The summed E-state index contributed by atoms with van der Waals surface area (Å²) in [4.78, 5) is 3.08. The van der Waals surface area contributed by atoms with Gasteiger partial charge in [0.1, 0.15) is 11.6 Å². The van der Waals surface area contributed by atoms with E-state index >= 15 is 0 Å². The van der Waals surface area contributed by atoms with Crippen LogP contribution in [0.3, 0.4) is 0 Å². The van der Waals surface area contributed by atoms with Crippen LogP contribution >= 0.6 is 12.2 Å². The van der Waals surface area contributed by atoms with Gasteiger partial charge in [-0.1, -0.05) is 0 Å². The predicted octanol–water partition coefficient (Wildman–Crippen LogP) is 3.45. The molecule has 0 amide bonds. The lowest BCUT2D eigenvalue weighted by atomic mass is 9.87. The third-order valence-corrected chi connectivity index (χ3v) is 4.64. The van der Waals surface area contributed by atoms with Crippen LogP contribution in [0.25, 0.3) is 0 Å². The van der Waals surface area contributed by atoms with Crippen LogP contribution in [0.4, 0.5) is 8.78 Å². The summed E-state index contributed by atoms with van der Waals surface area (Å²) in [5, 5.41) is 0. The van der Waals surface area contributed by atoms with E-state index in [0.29, 0.717) is 29.7 Å². The predicted molar refractivity (Wildman–Crippen MR) is 84.4 cm³/mol. The number of aromatic amines is 1. The maximum absolute atomic E-state index is 13.8. The number of nitrogens with two attached hydrogens (primary N) is 1. The highest BCUT2D eigenvalue weighted by molar-refractivity contribution is 7.71. The molecule has 1 aliphatic carbocycles. The average molecular weight is 323 g/mol. The fraction of sp³-hybridized carbons (Fsp3) is 0.438. The molecule has 1 aliphatic rings. The number of aromatic nitrogens is 2. The lowest BCUT2D eigenvalue weighted by Gasteiger charge is -2.27. The average Bonchev–Trinajstić information content (AvgIpc) is 2.85. The molecule has 2 aromatic rings. The number of nitrogens with one attached hydrogen (secondary N) is 1. The second-order valence-corrected chi connectivity index (χ2v) is 6.16. The van der Waals surface area contributed by atoms with Crippen molar-refractivity contribution in [2.24, 2.45) is 5.73 Å². The van der Waals surface area contributed by atoms with Crippen LogP contribution in [-0.2, 0) is 19.3 Å². The third kappa shape index (κ3) is 2.85. The molecule has 0 radical (unpaired) electrons. The maximum atomic E-state index is 13.8. The molecule has 0 fully saturated rings. The lowest BCUT2D eigenvalue weighted by molar-refractivity contribution is 0.415. The number of hydrogen-bond donors (Lipinski definition) is 2. The van der Waals surface area contributed by atoms with Crippen LogP contribution in [0, 0.1) is 16.4 Å². The number of fused-ring (bicyclic) bond motifs is 1. The molecule has 1 aromatic heterocycles. The summed E-state index contributed by atoms with van der Waals surface area (Å²) in [5.41, 5.74) is 8.08. The molecular formula is C16H19F2N3S. The number of aryl methyl sites for hydroxylation is 1. The van der Waals surface area contributed by atoms with Crippen LogP contribution in [0.15, 0.2) is 18.3 Å². The summed E-state index contributed by atoms with van der Waals surface area (Å²) in [7, 11) is 0. The van der Waals surface area contributed by atoms with Crippen molar-refractivity contribution >= 4 is 12.2 Å². The highest BCUT2D eigenvalue weighted by atomic mass is 32.1. The minimum atomic E-state index is -0.516. The minimum Gasteiger partial charge on any atom is -0.337 e. The normalized spacial score (nSPS) is 17.5. The van der Waals surface area contributed by atoms with Crippen molar-refractivity contribution in [3.8, 4) is 0 Å². The first-order valence-electron chi connectivity index (χ1n) is 7.55.